The summed E-state index contributed by atoms with van der Waals surface area (Å²) in [6, 6.07) is 12.1. The molecule has 1 aliphatic rings. The Kier molecular flexibility index (Phi) is 4.80. The van der Waals surface area contributed by atoms with E-state index in [4.69, 9.17) is 0 Å². The fourth-order valence-electron chi connectivity index (χ4n) is 3.63. The largest absolute Gasteiger partial charge is 0.335 e. The summed E-state index contributed by atoms with van der Waals surface area (Å²) in [5.41, 5.74) is 1.35. The van der Waals surface area contributed by atoms with Crippen LogP contribution in [0.15, 0.2) is 48.7 Å². The van der Waals surface area contributed by atoms with Gasteiger partial charge in [0.2, 0.25) is 5.95 Å². The SMILES string of the molecule is CN1CCN(C(=O)c2cc3c(ccc4cnc(Nc5cccc(F)c5)nc43)s2)CC1. The van der Waals surface area contributed by atoms with Crippen molar-refractivity contribution < 1.29 is 9.18 Å². The summed E-state index contributed by atoms with van der Waals surface area (Å²) in [6.45, 7) is 3.27. The fraction of sp³-hybridized carbons (Fsp3) is 0.227. The minimum absolute atomic E-state index is 0.0737. The van der Waals surface area contributed by atoms with Crippen LogP contribution in [0, 0.1) is 5.82 Å². The normalized spacial score (nSPS) is 15.1. The van der Waals surface area contributed by atoms with Crippen LogP contribution >= 0.6 is 11.3 Å². The van der Waals surface area contributed by atoms with Gasteiger partial charge in [-0.2, -0.15) is 0 Å². The number of carbonyl (C=O) groups excluding carboxylic acids is 1. The molecule has 2 aromatic heterocycles. The highest BCUT2D eigenvalue weighted by Crippen LogP contribution is 2.32. The van der Waals surface area contributed by atoms with Crippen LogP contribution in [0.3, 0.4) is 0 Å². The van der Waals surface area contributed by atoms with E-state index < -0.39 is 0 Å². The van der Waals surface area contributed by atoms with E-state index in [2.05, 4.69) is 27.2 Å². The second-order valence-electron chi connectivity index (χ2n) is 7.45. The zero-order valence-electron chi connectivity index (χ0n) is 16.4. The molecule has 30 heavy (non-hydrogen) atoms. The van der Waals surface area contributed by atoms with Crippen molar-refractivity contribution in [2.24, 2.45) is 0 Å². The number of fused-ring (bicyclic) bond motifs is 3. The molecule has 1 amide bonds. The minimum Gasteiger partial charge on any atom is -0.335 e. The van der Waals surface area contributed by atoms with Gasteiger partial charge in [-0.05, 0) is 43.4 Å². The molecule has 0 aliphatic carbocycles. The Balaban J connectivity index is 1.49. The Morgan fingerprint density at radius 3 is 2.77 bits per heavy atom. The number of benzene rings is 2. The highest BCUT2D eigenvalue weighted by molar-refractivity contribution is 7.21. The van der Waals surface area contributed by atoms with Crippen LogP contribution in [0.4, 0.5) is 16.0 Å². The molecule has 1 N–H and O–H groups in total. The summed E-state index contributed by atoms with van der Waals surface area (Å²) in [5.74, 6) is 0.136. The second kappa shape index (κ2) is 7.62. The van der Waals surface area contributed by atoms with E-state index in [1.165, 1.54) is 23.5 Å². The lowest BCUT2D eigenvalue weighted by atomic mass is 10.1. The third kappa shape index (κ3) is 3.59. The van der Waals surface area contributed by atoms with E-state index in [9.17, 15) is 9.18 Å². The second-order valence-corrected chi connectivity index (χ2v) is 8.53. The third-order valence-corrected chi connectivity index (χ3v) is 6.42. The van der Waals surface area contributed by atoms with Gasteiger partial charge < -0.3 is 15.1 Å². The summed E-state index contributed by atoms with van der Waals surface area (Å²) in [4.78, 5) is 26.8. The predicted molar refractivity (Wildman–Crippen MR) is 118 cm³/mol. The number of nitrogens with zero attached hydrogens (tertiary/aromatic N) is 4. The molecule has 1 aliphatic heterocycles. The molecule has 4 aromatic rings. The smallest absolute Gasteiger partial charge is 0.264 e. The fourth-order valence-corrected chi connectivity index (χ4v) is 4.67. The van der Waals surface area contributed by atoms with Crippen molar-refractivity contribution in [3.05, 3.63) is 59.4 Å². The number of piperazine rings is 1. The molecule has 2 aromatic carbocycles. The molecule has 0 saturated carbocycles. The van der Waals surface area contributed by atoms with Crippen LogP contribution in [0.2, 0.25) is 0 Å². The molecule has 0 atom stereocenters. The van der Waals surface area contributed by atoms with Crippen molar-refractivity contribution in [1.29, 1.82) is 0 Å². The molecular weight excluding hydrogens is 401 g/mol. The van der Waals surface area contributed by atoms with Gasteiger partial charge in [0.05, 0.1) is 10.4 Å². The van der Waals surface area contributed by atoms with Crippen LogP contribution in [0.5, 0.6) is 0 Å². The summed E-state index contributed by atoms with van der Waals surface area (Å²) in [7, 11) is 2.07. The molecule has 6 nitrogen and oxygen atoms in total. The Morgan fingerprint density at radius 1 is 1.13 bits per heavy atom. The summed E-state index contributed by atoms with van der Waals surface area (Å²) >= 11 is 1.49. The van der Waals surface area contributed by atoms with Gasteiger partial charge in [-0.3, -0.25) is 4.79 Å². The molecule has 152 valence electrons. The van der Waals surface area contributed by atoms with Crippen LogP contribution in [0.1, 0.15) is 9.67 Å². The van der Waals surface area contributed by atoms with E-state index in [1.54, 1.807) is 18.3 Å². The highest BCUT2D eigenvalue weighted by atomic mass is 32.1. The van der Waals surface area contributed by atoms with Crippen molar-refractivity contribution in [2.75, 3.05) is 38.5 Å². The summed E-state index contributed by atoms with van der Waals surface area (Å²) < 4.78 is 14.5. The Bertz CT molecular complexity index is 1250. The number of halogens is 1. The third-order valence-electron chi connectivity index (χ3n) is 5.33. The Morgan fingerprint density at radius 2 is 1.97 bits per heavy atom. The molecule has 0 unspecified atom stereocenters. The van der Waals surface area contributed by atoms with Crippen molar-refractivity contribution in [3.8, 4) is 0 Å². The monoisotopic (exact) mass is 421 g/mol. The maximum atomic E-state index is 13.5. The van der Waals surface area contributed by atoms with Crippen LogP contribution in [0.25, 0.3) is 21.0 Å². The zero-order valence-corrected chi connectivity index (χ0v) is 17.2. The topological polar surface area (TPSA) is 61.4 Å². The van der Waals surface area contributed by atoms with E-state index in [0.29, 0.717) is 11.6 Å². The van der Waals surface area contributed by atoms with Gasteiger partial charge in [-0.15, -0.1) is 11.3 Å². The van der Waals surface area contributed by atoms with E-state index in [1.807, 2.05) is 23.1 Å². The first-order valence-corrected chi connectivity index (χ1v) is 10.6. The van der Waals surface area contributed by atoms with Crippen molar-refractivity contribution >= 4 is 49.9 Å². The first-order chi connectivity index (χ1) is 14.6. The average molecular weight is 422 g/mol. The molecule has 1 fully saturated rings. The molecular formula is C22H20FN5OS. The number of carbonyl (C=O) groups is 1. The quantitative estimate of drug-likeness (QED) is 0.539. The number of hydrogen-bond acceptors (Lipinski definition) is 6. The standard InChI is InChI=1S/C22H20FN5OS/c1-27-7-9-28(10-8-27)21(29)19-12-17-18(30-19)6-5-14-13-24-22(26-20(14)17)25-16-4-2-3-15(23)11-16/h2-6,11-13H,7-10H2,1H3,(H,24,25,26). The van der Waals surface area contributed by atoms with Gasteiger partial charge in [-0.1, -0.05) is 6.07 Å². The average Bonchev–Trinajstić information content (AvgIpc) is 3.19. The summed E-state index contributed by atoms with van der Waals surface area (Å²) in [5, 5.41) is 4.87. The number of amides is 1. The van der Waals surface area contributed by atoms with E-state index in [-0.39, 0.29) is 11.7 Å². The van der Waals surface area contributed by atoms with Crippen LogP contribution in [-0.4, -0.2) is 58.9 Å². The first kappa shape index (κ1) is 18.9. The van der Waals surface area contributed by atoms with Crippen molar-refractivity contribution in [3.63, 3.8) is 0 Å². The molecule has 0 spiro atoms. The number of hydrogen-bond donors (Lipinski definition) is 1. The maximum absolute atomic E-state index is 13.5. The van der Waals surface area contributed by atoms with Crippen LogP contribution in [-0.2, 0) is 0 Å². The number of thiophene rings is 1. The first-order valence-electron chi connectivity index (χ1n) is 9.76. The van der Waals surface area contributed by atoms with Gasteiger partial charge in [-0.25, -0.2) is 14.4 Å². The molecule has 0 bridgehead atoms. The van der Waals surface area contributed by atoms with Gasteiger partial charge in [0, 0.05) is 53.5 Å². The Labute approximate surface area is 177 Å². The molecule has 8 heteroatoms. The van der Waals surface area contributed by atoms with Gasteiger partial charge in [0.15, 0.2) is 0 Å². The van der Waals surface area contributed by atoms with Gasteiger partial charge >= 0.3 is 0 Å². The van der Waals surface area contributed by atoms with Crippen LogP contribution < -0.4 is 5.32 Å². The van der Waals surface area contributed by atoms with E-state index in [0.717, 1.165) is 52.0 Å². The van der Waals surface area contributed by atoms with Crippen molar-refractivity contribution in [1.82, 2.24) is 19.8 Å². The lowest BCUT2D eigenvalue weighted by molar-refractivity contribution is 0.0669. The number of nitrogens with one attached hydrogen (secondary N) is 1. The molecule has 1 saturated heterocycles. The van der Waals surface area contributed by atoms with Crippen molar-refractivity contribution in [2.45, 2.75) is 0 Å². The predicted octanol–water partition coefficient (Wildman–Crippen LogP) is 4.11. The number of aromatic nitrogens is 2. The lowest BCUT2D eigenvalue weighted by Crippen LogP contribution is -2.46. The number of anilines is 2. The summed E-state index contributed by atoms with van der Waals surface area (Å²) in [6.07, 6.45) is 1.74. The van der Waals surface area contributed by atoms with Gasteiger partial charge in [0.1, 0.15) is 5.82 Å². The number of rotatable bonds is 3. The molecule has 3 heterocycles. The van der Waals surface area contributed by atoms with Gasteiger partial charge in [0.25, 0.3) is 5.91 Å². The highest BCUT2D eigenvalue weighted by Gasteiger charge is 2.22. The lowest BCUT2D eigenvalue weighted by Gasteiger charge is -2.32. The molecule has 5 rings (SSSR count). The molecule has 0 radical (unpaired) electrons. The van der Waals surface area contributed by atoms with E-state index >= 15 is 0 Å². The zero-order chi connectivity index (χ0) is 20.7. The number of likely N-dealkylation sites (N-methyl/N-ethyl adjacent to an activating group) is 1. The maximum Gasteiger partial charge on any atom is 0.264 e. The Hall–Kier alpha value is -3.10. The minimum atomic E-state index is -0.326.